The standard InChI is InChI=1S/C18H21N3O3/c1-20-16-5-3-2-4-12(16)15(19-20)8-17(22)21-9-13(11-6-7-11)14(10-21)18(23)24/h2-5,11,13-14H,6-10H2,1H3,(H,23,24)/t13-,14+/m1/s1. The molecule has 4 rings (SSSR count). The second-order valence-corrected chi connectivity index (χ2v) is 7.01. The second-order valence-electron chi connectivity index (χ2n) is 7.01. The highest BCUT2D eigenvalue weighted by molar-refractivity contribution is 5.88. The van der Waals surface area contributed by atoms with Crippen LogP contribution in [0.3, 0.4) is 0 Å². The van der Waals surface area contributed by atoms with Crippen LogP contribution in [0.2, 0.25) is 0 Å². The van der Waals surface area contributed by atoms with Crippen molar-refractivity contribution in [3.8, 4) is 0 Å². The highest BCUT2D eigenvalue weighted by Gasteiger charge is 2.46. The van der Waals surface area contributed by atoms with Crippen molar-refractivity contribution in [2.45, 2.75) is 19.3 Å². The largest absolute Gasteiger partial charge is 0.481 e. The molecular weight excluding hydrogens is 306 g/mol. The fraction of sp³-hybridized carbons (Fsp3) is 0.500. The predicted octanol–water partition coefficient (Wildman–Crippen LogP) is 1.68. The molecule has 6 heteroatoms. The average Bonchev–Trinajstić information content (AvgIpc) is 3.23. The molecule has 0 unspecified atom stereocenters. The summed E-state index contributed by atoms with van der Waals surface area (Å²) < 4.78 is 1.79. The Bertz CT molecular complexity index is 809. The summed E-state index contributed by atoms with van der Waals surface area (Å²) in [6.07, 6.45) is 2.42. The van der Waals surface area contributed by atoms with E-state index in [1.54, 1.807) is 9.58 Å². The summed E-state index contributed by atoms with van der Waals surface area (Å²) in [5.74, 6) is -0.604. The third-order valence-corrected chi connectivity index (χ3v) is 5.42. The van der Waals surface area contributed by atoms with Crippen molar-refractivity contribution in [1.29, 1.82) is 0 Å². The SMILES string of the molecule is Cn1nc(CC(=O)N2C[C@H](C(=O)O)[C@@H](C3CC3)C2)c2ccccc21. The molecular formula is C18H21N3O3. The quantitative estimate of drug-likeness (QED) is 0.927. The summed E-state index contributed by atoms with van der Waals surface area (Å²) in [5, 5.41) is 14.9. The number of para-hydroxylation sites is 1. The van der Waals surface area contributed by atoms with E-state index in [1.807, 2.05) is 31.3 Å². The van der Waals surface area contributed by atoms with Crippen LogP contribution in [0.4, 0.5) is 0 Å². The van der Waals surface area contributed by atoms with Gasteiger partial charge < -0.3 is 10.0 Å². The lowest BCUT2D eigenvalue weighted by Gasteiger charge is -2.15. The molecule has 126 valence electrons. The maximum Gasteiger partial charge on any atom is 0.308 e. The smallest absolute Gasteiger partial charge is 0.308 e. The van der Waals surface area contributed by atoms with Crippen molar-refractivity contribution in [3.05, 3.63) is 30.0 Å². The van der Waals surface area contributed by atoms with Crippen LogP contribution in [0, 0.1) is 17.8 Å². The molecule has 1 aliphatic carbocycles. The number of hydrogen-bond donors (Lipinski definition) is 1. The molecule has 1 N–H and O–H groups in total. The number of amides is 1. The number of aryl methyl sites for hydroxylation is 1. The van der Waals surface area contributed by atoms with E-state index >= 15 is 0 Å². The van der Waals surface area contributed by atoms with Crippen LogP contribution in [0.1, 0.15) is 18.5 Å². The number of carboxylic acid groups (broad SMARTS) is 1. The van der Waals surface area contributed by atoms with Crippen molar-refractivity contribution >= 4 is 22.8 Å². The first-order chi connectivity index (χ1) is 11.5. The Labute approximate surface area is 140 Å². The van der Waals surface area contributed by atoms with Gasteiger partial charge in [0, 0.05) is 25.5 Å². The van der Waals surface area contributed by atoms with E-state index in [2.05, 4.69) is 5.10 Å². The molecule has 2 atom stereocenters. The Hall–Kier alpha value is -2.37. The fourth-order valence-corrected chi connectivity index (χ4v) is 3.97. The lowest BCUT2D eigenvalue weighted by atomic mass is 9.92. The molecule has 2 fully saturated rings. The van der Waals surface area contributed by atoms with Gasteiger partial charge in [-0.2, -0.15) is 5.10 Å². The number of rotatable bonds is 4. The Morgan fingerprint density at radius 3 is 2.71 bits per heavy atom. The molecule has 6 nitrogen and oxygen atoms in total. The van der Waals surface area contributed by atoms with Crippen molar-refractivity contribution in [1.82, 2.24) is 14.7 Å². The van der Waals surface area contributed by atoms with Crippen LogP contribution in [0.25, 0.3) is 10.9 Å². The van der Waals surface area contributed by atoms with E-state index in [9.17, 15) is 14.7 Å². The van der Waals surface area contributed by atoms with E-state index in [1.165, 1.54) is 0 Å². The van der Waals surface area contributed by atoms with Crippen LogP contribution in [-0.2, 0) is 23.1 Å². The average molecular weight is 327 g/mol. The summed E-state index contributed by atoms with van der Waals surface area (Å²) in [5.41, 5.74) is 1.76. The zero-order valence-corrected chi connectivity index (χ0v) is 13.7. The van der Waals surface area contributed by atoms with Gasteiger partial charge in [-0.25, -0.2) is 0 Å². The number of carboxylic acids is 1. The van der Waals surface area contributed by atoms with Crippen LogP contribution in [0.15, 0.2) is 24.3 Å². The number of aliphatic carboxylic acids is 1. The molecule has 2 heterocycles. The molecule has 0 bridgehead atoms. The summed E-state index contributed by atoms with van der Waals surface area (Å²) in [4.78, 5) is 25.9. The van der Waals surface area contributed by atoms with E-state index in [4.69, 9.17) is 0 Å². The Morgan fingerprint density at radius 2 is 2.00 bits per heavy atom. The first-order valence-corrected chi connectivity index (χ1v) is 8.46. The zero-order valence-electron chi connectivity index (χ0n) is 13.7. The number of aromatic nitrogens is 2. The highest BCUT2D eigenvalue weighted by Crippen LogP contribution is 2.44. The minimum Gasteiger partial charge on any atom is -0.481 e. The first kappa shape index (κ1) is 15.2. The molecule has 1 aromatic carbocycles. The van der Waals surface area contributed by atoms with Crippen molar-refractivity contribution in [2.75, 3.05) is 13.1 Å². The molecule has 1 aliphatic heterocycles. The molecule has 1 saturated heterocycles. The fourth-order valence-electron chi connectivity index (χ4n) is 3.97. The monoisotopic (exact) mass is 327 g/mol. The lowest BCUT2D eigenvalue weighted by Crippen LogP contribution is -2.31. The second kappa shape index (κ2) is 5.61. The minimum atomic E-state index is -0.773. The van der Waals surface area contributed by atoms with Gasteiger partial charge in [-0.3, -0.25) is 14.3 Å². The van der Waals surface area contributed by atoms with E-state index in [0.717, 1.165) is 29.4 Å². The van der Waals surface area contributed by atoms with Crippen LogP contribution < -0.4 is 0 Å². The van der Waals surface area contributed by atoms with Crippen molar-refractivity contribution in [2.24, 2.45) is 24.8 Å². The molecule has 1 saturated carbocycles. The highest BCUT2D eigenvalue weighted by atomic mass is 16.4. The number of hydrogen-bond acceptors (Lipinski definition) is 3. The van der Waals surface area contributed by atoms with Crippen LogP contribution >= 0.6 is 0 Å². The van der Waals surface area contributed by atoms with E-state index in [-0.39, 0.29) is 18.2 Å². The number of carbonyl (C=O) groups excluding carboxylic acids is 1. The number of benzene rings is 1. The number of fused-ring (bicyclic) bond motifs is 1. The first-order valence-electron chi connectivity index (χ1n) is 8.46. The molecule has 2 aromatic rings. The van der Waals surface area contributed by atoms with Gasteiger partial charge in [0.15, 0.2) is 0 Å². The Morgan fingerprint density at radius 1 is 1.25 bits per heavy atom. The van der Waals surface area contributed by atoms with Crippen LogP contribution in [-0.4, -0.2) is 44.8 Å². The normalized spacial score (nSPS) is 23.8. The maximum atomic E-state index is 12.7. The third kappa shape index (κ3) is 2.56. The number of carbonyl (C=O) groups is 2. The zero-order chi connectivity index (χ0) is 16.8. The van der Waals surface area contributed by atoms with Crippen molar-refractivity contribution in [3.63, 3.8) is 0 Å². The third-order valence-electron chi connectivity index (χ3n) is 5.42. The maximum absolute atomic E-state index is 12.7. The molecule has 24 heavy (non-hydrogen) atoms. The number of likely N-dealkylation sites (tertiary alicyclic amines) is 1. The molecule has 0 spiro atoms. The van der Waals surface area contributed by atoms with Gasteiger partial charge in [-0.05, 0) is 30.7 Å². The summed E-state index contributed by atoms with van der Waals surface area (Å²) in [7, 11) is 1.87. The van der Waals surface area contributed by atoms with Gasteiger partial charge in [-0.15, -0.1) is 0 Å². The summed E-state index contributed by atoms with van der Waals surface area (Å²) >= 11 is 0. The molecule has 1 amide bonds. The van der Waals surface area contributed by atoms with Gasteiger partial charge in [0.05, 0.1) is 23.5 Å². The molecule has 1 aromatic heterocycles. The Kier molecular flexibility index (Phi) is 3.55. The lowest BCUT2D eigenvalue weighted by molar-refractivity contribution is -0.142. The van der Waals surface area contributed by atoms with Gasteiger partial charge >= 0.3 is 5.97 Å². The van der Waals surface area contributed by atoms with Gasteiger partial charge in [0.2, 0.25) is 5.91 Å². The summed E-state index contributed by atoms with van der Waals surface area (Å²) in [6.45, 7) is 0.908. The van der Waals surface area contributed by atoms with Gasteiger partial charge in [0.25, 0.3) is 0 Å². The minimum absolute atomic E-state index is 0.0201. The van der Waals surface area contributed by atoms with Gasteiger partial charge in [-0.1, -0.05) is 18.2 Å². The predicted molar refractivity (Wildman–Crippen MR) is 88.3 cm³/mol. The summed E-state index contributed by atoms with van der Waals surface area (Å²) in [6, 6.07) is 7.85. The Balaban J connectivity index is 1.53. The van der Waals surface area contributed by atoms with Crippen LogP contribution in [0.5, 0.6) is 0 Å². The number of nitrogens with zero attached hydrogens (tertiary/aromatic N) is 3. The molecule has 2 aliphatic rings. The van der Waals surface area contributed by atoms with E-state index in [0.29, 0.717) is 19.0 Å². The molecule has 0 radical (unpaired) electrons. The van der Waals surface area contributed by atoms with Gasteiger partial charge in [0.1, 0.15) is 0 Å². The van der Waals surface area contributed by atoms with E-state index < -0.39 is 11.9 Å². The topological polar surface area (TPSA) is 75.4 Å². The van der Waals surface area contributed by atoms with Crippen molar-refractivity contribution < 1.29 is 14.7 Å².